The smallest absolute Gasteiger partial charge is 0.272 e. The lowest BCUT2D eigenvalue weighted by Crippen LogP contribution is -2.69. The Kier molecular flexibility index (Phi) is 3.32. The zero-order valence-corrected chi connectivity index (χ0v) is 12.7. The van der Waals surface area contributed by atoms with Crippen molar-refractivity contribution in [1.29, 1.82) is 0 Å². The lowest BCUT2D eigenvalue weighted by Gasteiger charge is -2.57. The molecule has 0 saturated carbocycles. The number of hydrogen-bond donors (Lipinski definition) is 0. The van der Waals surface area contributed by atoms with Gasteiger partial charge in [0.2, 0.25) is 0 Å². The molecule has 1 aromatic rings. The van der Waals surface area contributed by atoms with Crippen molar-refractivity contribution in [3.05, 3.63) is 18.0 Å². The molecule has 5 heteroatoms. The van der Waals surface area contributed by atoms with Crippen molar-refractivity contribution in [2.75, 3.05) is 19.6 Å². The van der Waals surface area contributed by atoms with Crippen molar-refractivity contribution < 1.29 is 4.79 Å². The van der Waals surface area contributed by atoms with E-state index in [9.17, 15) is 4.79 Å². The predicted molar refractivity (Wildman–Crippen MR) is 77.5 cm³/mol. The molecule has 20 heavy (non-hydrogen) atoms. The van der Waals surface area contributed by atoms with E-state index >= 15 is 0 Å². The number of rotatable bonds is 2. The number of carbonyl (C=O) groups excluding carboxylic acids is 1. The van der Waals surface area contributed by atoms with Gasteiger partial charge in [0.05, 0.1) is 5.54 Å². The first-order valence-electron chi connectivity index (χ1n) is 7.57. The Bertz CT molecular complexity index is 510. The lowest BCUT2D eigenvalue weighted by atomic mass is 9.77. The van der Waals surface area contributed by atoms with Crippen LogP contribution in [0.5, 0.6) is 0 Å². The van der Waals surface area contributed by atoms with E-state index < -0.39 is 0 Å². The van der Waals surface area contributed by atoms with E-state index in [0.29, 0.717) is 11.7 Å². The summed E-state index contributed by atoms with van der Waals surface area (Å²) in [5.41, 5.74) is 0.773. The van der Waals surface area contributed by atoms with Gasteiger partial charge < -0.3 is 4.90 Å². The van der Waals surface area contributed by atoms with Crippen LogP contribution in [0.2, 0.25) is 0 Å². The zero-order chi connectivity index (χ0) is 14.3. The molecule has 1 unspecified atom stereocenters. The molecule has 3 heterocycles. The predicted octanol–water partition coefficient (Wildman–Crippen LogP) is 1.51. The summed E-state index contributed by atoms with van der Waals surface area (Å²) in [6, 6.07) is 2.37. The van der Waals surface area contributed by atoms with Crippen molar-refractivity contribution in [3.63, 3.8) is 0 Å². The highest BCUT2D eigenvalue weighted by Crippen LogP contribution is 2.39. The number of likely N-dealkylation sites (tertiary alicyclic amines) is 2. The largest absolute Gasteiger partial charge is 0.330 e. The second-order valence-corrected chi connectivity index (χ2v) is 6.44. The molecule has 0 radical (unpaired) electrons. The third-order valence-electron chi connectivity index (χ3n) is 4.97. The summed E-state index contributed by atoms with van der Waals surface area (Å²) in [5, 5.41) is 4.11. The van der Waals surface area contributed by atoms with E-state index in [1.54, 1.807) is 10.9 Å². The minimum Gasteiger partial charge on any atom is -0.330 e. The molecule has 2 aliphatic rings. The minimum absolute atomic E-state index is 0.0733. The summed E-state index contributed by atoms with van der Waals surface area (Å²) in [4.78, 5) is 17.3. The van der Waals surface area contributed by atoms with Crippen LogP contribution in [0.25, 0.3) is 0 Å². The van der Waals surface area contributed by atoms with Gasteiger partial charge in [0.1, 0.15) is 5.69 Å². The first kappa shape index (κ1) is 13.6. The van der Waals surface area contributed by atoms with Crippen molar-refractivity contribution in [1.82, 2.24) is 19.6 Å². The fourth-order valence-corrected chi connectivity index (χ4v) is 3.59. The number of nitrogens with zero attached hydrogens (tertiary/aromatic N) is 4. The van der Waals surface area contributed by atoms with E-state index in [0.717, 1.165) is 32.5 Å². The SMILES string of the molecule is CC(C)N1CCCC2(CCN2C(=O)c2ccnn2C)C1. The average molecular weight is 276 g/mol. The normalized spacial score (nSPS) is 27.1. The Morgan fingerprint density at radius 2 is 2.15 bits per heavy atom. The maximum Gasteiger partial charge on any atom is 0.272 e. The van der Waals surface area contributed by atoms with Crippen LogP contribution in [0.3, 0.4) is 0 Å². The van der Waals surface area contributed by atoms with Crippen LogP contribution in [0.4, 0.5) is 0 Å². The van der Waals surface area contributed by atoms with Gasteiger partial charge in [0.15, 0.2) is 0 Å². The van der Waals surface area contributed by atoms with Gasteiger partial charge in [-0.05, 0) is 45.7 Å². The number of amides is 1. The zero-order valence-electron chi connectivity index (χ0n) is 12.7. The van der Waals surface area contributed by atoms with Crippen molar-refractivity contribution >= 4 is 5.91 Å². The van der Waals surface area contributed by atoms with Crippen LogP contribution in [0.15, 0.2) is 12.3 Å². The van der Waals surface area contributed by atoms with Gasteiger partial charge in [-0.1, -0.05) is 0 Å². The number of hydrogen-bond acceptors (Lipinski definition) is 3. The Balaban J connectivity index is 1.78. The quantitative estimate of drug-likeness (QED) is 0.822. The van der Waals surface area contributed by atoms with Gasteiger partial charge in [-0.25, -0.2) is 0 Å². The topological polar surface area (TPSA) is 41.4 Å². The van der Waals surface area contributed by atoms with Crippen LogP contribution in [0.1, 0.15) is 43.6 Å². The lowest BCUT2D eigenvalue weighted by molar-refractivity contribution is -0.0521. The first-order chi connectivity index (χ1) is 9.53. The van der Waals surface area contributed by atoms with Gasteiger partial charge in [-0.15, -0.1) is 0 Å². The van der Waals surface area contributed by atoms with Crippen molar-refractivity contribution in [2.45, 2.75) is 44.7 Å². The maximum absolute atomic E-state index is 12.7. The molecule has 0 aliphatic carbocycles. The molecular weight excluding hydrogens is 252 g/mol. The number of piperidine rings is 1. The van der Waals surface area contributed by atoms with Crippen molar-refractivity contribution in [2.24, 2.45) is 7.05 Å². The molecule has 3 rings (SSSR count). The highest BCUT2D eigenvalue weighted by molar-refractivity contribution is 5.93. The van der Waals surface area contributed by atoms with E-state index in [1.165, 1.54) is 6.42 Å². The summed E-state index contributed by atoms with van der Waals surface area (Å²) in [5.74, 6) is 0.141. The Hall–Kier alpha value is -1.36. The average Bonchev–Trinajstić information content (AvgIpc) is 2.84. The van der Waals surface area contributed by atoms with Gasteiger partial charge in [0, 0.05) is 32.4 Å². The number of aryl methyl sites for hydroxylation is 1. The van der Waals surface area contributed by atoms with Gasteiger partial charge in [-0.3, -0.25) is 14.4 Å². The number of aromatic nitrogens is 2. The molecule has 5 nitrogen and oxygen atoms in total. The summed E-state index contributed by atoms with van der Waals surface area (Å²) in [6.07, 6.45) is 5.16. The first-order valence-corrected chi connectivity index (χ1v) is 7.57. The highest BCUT2D eigenvalue weighted by Gasteiger charge is 2.50. The molecule has 1 spiro atoms. The summed E-state index contributed by atoms with van der Waals surface area (Å²) < 4.78 is 1.68. The van der Waals surface area contributed by atoms with E-state index in [4.69, 9.17) is 0 Å². The Morgan fingerprint density at radius 3 is 2.70 bits per heavy atom. The molecule has 0 aromatic carbocycles. The fraction of sp³-hybridized carbons (Fsp3) is 0.733. The minimum atomic E-state index is 0.0733. The Morgan fingerprint density at radius 1 is 1.35 bits per heavy atom. The molecule has 2 saturated heterocycles. The van der Waals surface area contributed by atoms with Crippen LogP contribution in [-0.4, -0.2) is 56.7 Å². The van der Waals surface area contributed by atoms with E-state index in [2.05, 4.69) is 28.7 Å². The second-order valence-electron chi connectivity index (χ2n) is 6.44. The fourth-order valence-electron chi connectivity index (χ4n) is 3.59. The van der Waals surface area contributed by atoms with Crippen molar-refractivity contribution in [3.8, 4) is 0 Å². The van der Waals surface area contributed by atoms with Crippen LogP contribution >= 0.6 is 0 Å². The highest BCUT2D eigenvalue weighted by atomic mass is 16.2. The molecule has 1 atom stereocenters. The van der Waals surface area contributed by atoms with E-state index in [-0.39, 0.29) is 11.4 Å². The third-order valence-corrected chi connectivity index (χ3v) is 4.97. The molecule has 110 valence electrons. The maximum atomic E-state index is 12.7. The van der Waals surface area contributed by atoms with Gasteiger partial charge in [-0.2, -0.15) is 5.10 Å². The molecular formula is C15H24N4O. The molecule has 2 aliphatic heterocycles. The van der Waals surface area contributed by atoms with Crippen LogP contribution < -0.4 is 0 Å². The Labute approximate surface area is 120 Å². The third kappa shape index (κ3) is 2.04. The van der Waals surface area contributed by atoms with Gasteiger partial charge >= 0.3 is 0 Å². The summed E-state index contributed by atoms with van der Waals surface area (Å²) in [7, 11) is 1.83. The van der Waals surface area contributed by atoms with Gasteiger partial charge in [0.25, 0.3) is 5.91 Å². The molecule has 0 N–H and O–H groups in total. The molecule has 2 fully saturated rings. The molecule has 1 amide bonds. The van der Waals surface area contributed by atoms with E-state index in [1.807, 2.05) is 13.1 Å². The molecule has 0 bridgehead atoms. The number of carbonyl (C=O) groups is 1. The van der Waals surface area contributed by atoms with Crippen LogP contribution in [-0.2, 0) is 7.05 Å². The summed E-state index contributed by atoms with van der Waals surface area (Å²) >= 11 is 0. The summed E-state index contributed by atoms with van der Waals surface area (Å²) in [6.45, 7) is 7.55. The monoisotopic (exact) mass is 276 g/mol. The second kappa shape index (κ2) is 4.88. The molecule has 1 aromatic heterocycles. The standard InChI is InChI=1S/C15H24N4O/c1-12(2)18-9-4-6-15(11-18)7-10-19(15)14(20)13-5-8-16-17(13)3/h5,8,12H,4,6-7,9-11H2,1-3H3. The van der Waals surface area contributed by atoms with Crippen LogP contribution in [0, 0.1) is 0 Å².